The molecule has 0 radical (unpaired) electrons. The number of amides is 2. The zero-order chi connectivity index (χ0) is 18.8. The largest absolute Gasteiger partial charge is 0.460 e. The minimum absolute atomic E-state index is 0.00123. The highest BCUT2D eigenvalue weighted by molar-refractivity contribution is 6.33. The normalized spacial score (nSPS) is 12.9. The van der Waals surface area contributed by atoms with E-state index in [1.807, 2.05) is 0 Å². The molecule has 26 heavy (non-hydrogen) atoms. The van der Waals surface area contributed by atoms with Gasteiger partial charge >= 0.3 is 5.97 Å². The average molecular weight is 375 g/mol. The number of benzene rings is 2. The van der Waals surface area contributed by atoms with Crippen LogP contribution in [0.15, 0.2) is 42.5 Å². The molecule has 0 unspecified atom stereocenters. The Bertz CT molecular complexity index is 908. The Morgan fingerprint density at radius 3 is 2.31 bits per heavy atom. The summed E-state index contributed by atoms with van der Waals surface area (Å²) in [6.45, 7) is -0.395. The summed E-state index contributed by atoms with van der Waals surface area (Å²) in [4.78, 5) is 47.6. The lowest BCUT2D eigenvalue weighted by molar-refractivity contribution is -0.384. The van der Waals surface area contributed by atoms with Crippen molar-refractivity contribution >= 4 is 35.1 Å². The maximum absolute atomic E-state index is 12.2. The SMILES string of the molecule is O=C(OCCN1C(=O)c2ccccc2C1=O)c1cc([N+](=O)[O-])ccc1Cl. The molecule has 2 aromatic carbocycles. The molecular weight excluding hydrogens is 364 g/mol. The minimum Gasteiger partial charge on any atom is -0.460 e. The van der Waals surface area contributed by atoms with Gasteiger partial charge in [-0.15, -0.1) is 0 Å². The number of ether oxygens (including phenoxy) is 1. The van der Waals surface area contributed by atoms with Gasteiger partial charge < -0.3 is 4.74 Å². The maximum atomic E-state index is 12.2. The number of hydrogen-bond donors (Lipinski definition) is 0. The van der Waals surface area contributed by atoms with E-state index in [0.717, 1.165) is 17.0 Å². The lowest BCUT2D eigenvalue weighted by Gasteiger charge is -2.14. The Morgan fingerprint density at radius 1 is 1.12 bits per heavy atom. The number of halogens is 1. The standard InChI is InChI=1S/C17H11ClN2O6/c18-14-6-5-10(20(24)25)9-13(14)17(23)26-8-7-19-15(21)11-3-1-2-4-12(11)16(19)22/h1-6,9H,7-8H2. The summed E-state index contributed by atoms with van der Waals surface area (Å²) in [6, 6.07) is 9.79. The Labute approximate surface area is 152 Å². The van der Waals surface area contributed by atoms with Crippen molar-refractivity contribution in [3.05, 3.63) is 74.3 Å². The molecule has 0 atom stereocenters. The van der Waals surface area contributed by atoms with Crippen molar-refractivity contribution in [2.24, 2.45) is 0 Å². The molecule has 0 aliphatic carbocycles. The molecule has 2 aromatic rings. The second-order valence-electron chi connectivity index (χ2n) is 5.36. The fourth-order valence-electron chi connectivity index (χ4n) is 2.53. The predicted octanol–water partition coefficient (Wildman–Crippen LogP) is 2.70. The van der Waals surface area contributed by atoms with E-state index in [4.69, 9.17) is 16.3 Å². The van der Waals surface area contributed by atoms with Crippen molar-refractivity contribution in [3.8, 4) is 0 Å². The van der Waals surface area contributed by atoms with Crippen LogP contribution in [0.1, 0.15) is 31.1 Å². The molecule has 0 N–H and O–H groups in total. The second-order valence-corrected chi connectivity index (χ2v) is 5.77. The molecule has 132 valence electrons. The van der Waals surface area contributed by atoms with Crippen LogP contribution in [0.3, 0.4) is 0 Å². The molecule has 0 aromatic heterocycles. The van der Waals surface area contributed by atoms with Crippen molar-refractivity contribution in [3.63, 3.8) is 0 Å². The van der Waals surface area contributed by atoms with Gasteiger partial charge in [0, 0.05) is 12.1 Å². The van der Waals surface area contributed by atoms with E-state index in [2.05, 4.69) is 0 Å². The third kappa shape index (κ3) is 3.14. The molecule has 0 saturated heterocycles. The third-order valence-corrected chi connectivity index (χ3v) is 4.14. The zero-order valence-electron chi connectivity index (χ0n) is 13.2. The van der Waals surface area contributed by atoms with Gasteiger partial charge in [0.2, 0.25) is 0 Å². The number of nitro groups is 1. The van der Waals surface area contributed by atoms with Crippen molar-refractivity contribution in [2.75, 3.05) is 13.2 Å². The van der Waals surface area contributed by atoms with Crippen molar-refractivity contribution in [2.45, 2.75) is 0 Å². The number of esters is 1. The Balaban J connectivity index is 1.65. The number of fused-ring (bicyclic) bond motifs is 1. The van der Waals surface area contributed by atoms with Crippen molar-refractivity contribution in [1.82, 2.24) is 4.90 Å². The number of imide groups is 1. The van der Waals surface area contributed by atoms with E-state index < -0.39 is 22.7 Å². The number of carbonyl (C=O) groups excluding carboxylic acids is 3. The maximum Gasteiger partial charge on any atom is 0.339 e. The first kappa shape index (κ1) is 17.6. The van der Waals surface area contributed by atoms with Crippen LogP contribution in [0, 0.1) is 10.1 Å². The van der Waals surface area contributed by atoms with Crippen molar-refractivity contribution < 1.29 is 24.0 Å². The molecule has 3 rings (SSSR count). The first-order valence-corrected chi connectivity index (χ1v) is 7.84. The fraction of sp³-hybridized carbons (Fsp3) is 0.118. The number of nitrogens with zero attached hydrogens (tertiary/aromatic N) is 2. The number of hydrogen-bond acceptors (Lipinski definition) is 6. The van der Waals surface area contributed by atoms with E-state index in [1.165, 1.54) is 6.07 Å². The molecule has 0 bridgehead atoms. The van der Waals surface area contributed by atoms with Crippen molar-refractivity contribution in [1.29, 1.82) is 0 Å². The molecular formula is C17H11ClN2O6. The summed E-state index contributed by atoms with van der Waals surface area (Å²) in [5, 5.41) is 10.8. The highest BCUT2D eigenvalue weighted by Gasteiger charge is 2.34. The summed E-state index contributed by atoms with van der Waals surface area (Å²) in [5.41, 5.74) is 0.126. The average Bonchev–Trinajstić information content (AvgIpc) is 2.87. The van der Waals surface area contributed by atoms with Gasteiger partial charge in [0.1, 0.15) is 6.61 Å². The van der Waals surface area contributed by atoms with Gasteiger partial charge in [0.15, 0.2) is 0 Å². The molecule has 2 amide bonds. The first-order valence-electron chi connectivity index (χ1n) is 7.46. The summed E-state index contributed by atoms with van der Waals surface area (Å²) < 4.78 is 5.01. The molecule has 8 nitrogen and oxygen atoms in total. The van der Waals surface area contributed by atoms with Gasteiger partial charge in [-0.1, -0.05) is 23.7 Å². The Kier molecular flexibility index (Phi) is 4.68. The fourth-order valence-corrected chi connectivity index (χ4v) is 2.73. The van der Waals surface area contributed by atoms with Crippen LogP contribution in [0.5, 0.6) is 0 Å². The van der Waals surface area contributed by atoms with Gasteiger partial charge in [-0.2, -0.15) is 0 Å². The summed E-state index contributed by atoms with van der Waals surface area (Å²) in [6.07, 6.45) is 0. The Hall–Kier alpha value is -3.26. The van der Waals surface area contributed by atoms with E-state index in [9.17, 15) is 24.5 Å². The molecule has 0 fully saturated rings. The zero-order valence-corrected chi connectivity index (χ0v) is 13.9. The van der Waals surface area contributed by atoms with E-state index in [0.29, 0.717) is 11.1 Å². The summed E-state index contributed by atoms with van der Waals surface area (Å²) in [5.74, 6) is -1.81. The molecule has 1 aliphatic heterocycles. The lowest BCUT2D eigenvalue weighted by atomic mass is 10.1. The topological polar surface area (TPSA) is 107 Å². The number of rotatable bonds is 5. The van der Waals surface area contributed by atoms with Gasteiger partial charge in [0.05, 0.1) is 33.2 Å². The molecule has 1 aliphatic rings. The second kappa shape index (κ2) is 6.93. The van der Waals surface area contributed by atoms with Gasteiger partial charge in [-0.3, -0.25) is 24.6 Å². The van der Waals surface area contributed by atoms with Crippen LogP contribution in [-0.4, -0.2) is 40.8 Å². The smallest absolute Gasteiger partial charge is 0.339 e. The van der Waals surface area contributed by atoms with Crippen LogP contribution < -0.4 is 0 Å². The predicted molar refractivity (Wildman–Crippen MR) is 90.2 cm³/mol. The quantitative estimate of drug-likeness (QED) is 0.344. The molecule has 9 heteroatoms. The number of nitro benzene ring substituents is 1. The van der Waals surface area contributed by atoms with Gasteiger partial charge in [0.25, 0.3) is 17.5 Å². The molecule has 1 heterocycles. The van der Waals surface area contributed by atoms with Crippen LogP contribution in [-0.2, 0) is 4.74 Å². The minimum atomic E-state index is -0.879. The Morgan fingerprint density at radius 2 is 1.73 bits per heavy atom. The van der Waals surface area contributed by atoms with E-state index >= 15 is 0 Å². The van der Waals surface area contributed by atoms with Crippen LogP contribution in [0.4, 0.5) is 5.69 Å². The molecule has 0 saturated carbocycles. The van der Waals surface area contributed by atoms with Crippen LogP contribution >= 0.6 is 11.6 Å². The monoisotopic (exact) mass is 374 g/mol. The third-order valence-electron chi connectivity index (χ3n) is 3.81. The number of non-ortho nitro benzene ring substituents is 1. The van der Waals surface area contributed by atoms with Gasteiger partial charge in [-0.25, -0.2) is 4.79 Å². The number of carbonyl (C=O) groups is 3. The van der Waals surface area contributed by atoms with E-state index in [-0.39, 0.29) is 29.4 Å². The van der Waals surface area contributed by atoms with Crippen LogP contribution in [0.25, 0.3) is 0 Å². The van der Waals surface area contributed by atoms with Crippen LogP contribution in [0.2, 0.25) is 5.02 Å². The van der Waals surface area contributed by atoms with E-state index in [1.54, 1.807) is 24.3 Å². The first-order chi connectivity index (χ1) is 12.4. The summed E-state index contributed by atoms with van der Waals surface area (Å²) in [7, 11) is 0. The molecule has 0 spiro atoms. The highest BCUT2D eigenvalue weighted by atomic mass is 35.5. The summed E-state index contributed by atoms with van der Waals surface area (Å²) >= 11 is 5.87. The van der Waals surface area contributed by atoms with Gasteiger partial charge in [-0.05, 0) is 18.2 Å². The highest BCUT2D eigenvalue weighted by Crippen LogP contribution is 2.24. The lowest BCUT2D eigenvalue weighted by Crippen LogP contribution is -2.33.